The number of likely N-dealkylation sites (tertiary alicyclic amines) is 1. The summed E-state index contributed by atoms with van der Waals surface area (Å²) in [5, 5.41) is 2.94. The molecule has 1 fully saturated rings. The van der Waals surface area contributed by atoms with E-state index in [9.17, 15) is 4.79 Å². The highest BCUT2D eigenvalue weighted by atomic mass is 16.1. The second kappa shape index (κ2) is 7.24. The molecule has 1 aromatic heterocycles. The van der Waals surface area contributed by atoms with Crippen molar-refractivity contribution in [3.8, 4) is 0 Å². The lowest BCUT2D eigenvalue weighted by molar-refractivity contribution is 0.0950. The minimum atomic E-state index is -0.0274. The summed E-state index contributed by atoms with van der Waals surface area (Å²) >= 11 is 0. The average molecular weight is 261 g/mol. The van der Waals surface area contributed by atoms with Crippen LogP contribution in [0.5, 0.6) is 0 Å². The molecule has 0 atom stereocenters. The van der Waals surface area contributed by atoms with Crippen molar-refractivity contribution in [3.63, 3.8) is 0 Å². The molecule has 1 saturated heterocycles. The van der Waals surface area contributed by atoms with Crippen LogP contribution in [0.4, 0.5) is 0 Å². The van der Waals surface area contributed by atoms with Gasteiger partial charge in [0, 0.05) is 18.9 Å². The zero-order valence-corrected chi connectivity index (χ0v) is 11.6. The Morgan fingerprint density at radius 3 is 2.95 bits per heavy atom. The third kappa shape index (κ3) is 4.63. The van der Waals surface area contributed by atoms with Crippen LogP contribution in [0.1, 0.15) is 36.5 Å². The van der Waals surface area contributed by atoms with Crippen molar-refractivity contribution in [2.45, 2.75) is 26.2 Å². The number of rotatable bonds is 5. The average Bonchev–Trinajstić information content (AvgIpc) is 2.46. The van der Waals surface area contributed by atoms with E-state index in [0.717, 1.165) is 25.4 Å². The molecule has 1 amide bonds. The number of nitrogens with one attached hydrogen (secondary N) is 1. The van der Waals surface area contributed by atoms with Crippen LogP contribution in [0, 0.1) is 5.92 Å². The number of amides is 1. The number of nitrogens with zero attached hydrogens (tertiary/aromatic N) is 2. The summed E-state index contributed by atoms with van der Waals surface area (Å²) in [6, 6.07) is 3.57. The molecule has 1 aliphatic heterocycles. The van der Waals surface area contributed by atoms with E-state index in [2.05, 4.69) is 22.1 Å². The topological polar surface area (TPSA) is 45.2 Å². The van der Waals surface area contributed by atoms with E-state index in [1.165, 1.54) is 25.9 Å². The largest absolute Gasteiger partial charge is 0.352 e. The van der Waals surface area contributed by atoms with E-state index in [-0.39, 0.29) is 5.91 Å². The van der Waals surface area contributed by atoms with Crippen LogP contribution in [-0.2, 0) is 0 Å². The van der Waals surface area contributed by atoms with E-state index in [4.69, 9.17) is 0 Å². The first-order valence-electron chi connectivity index (χ1n) is 7.16. The van der Waals surface area contributed by atoms with Crippen molar-refractivity contribution in [2.24, 2.45) is 5.92 Å². The predicted octanol–water partition coefficient (Wildman–Crippen LogP) is 1.93. The summed E-state index contributed by atoms with van der Waals surface area (Å²) in [5.41, 5.74) is 0.634. The van der Waals surface area contributed by atoms with E-state index in [0.29, 0.717) is 5.56 Å². The molecule has 0 aliphatic carbocycles. The van der Waals surface area contributed by atoms with Gasteiger partial charge in [0.15, 0.2) is 0 Å². The minimum absolute atomic E-state index is 0.0274. The number of pyridine rings is 1. The molecule has 2 heterocycles. The molecule has 0 spiro atoms. The van der Waals surface area contributed by atoms with Gasteiger partial charge < -0.3 is 10.2 Å². The van der Waals surface area contributed by atoms with Gasteiger partial charge in [-0.2, -0.15) is 0 Å². The van der Waals surface area contributed by atoms with E-state index in [1.807, 2.05) is 0 Å². The van der Waals surface area contributed by atoms with Gasteiger partial charge in [-0.1, -0.05) is 6.92 Å². The monoisotopic (exact) mass is 261 g/mol. The molecule has 1 N–H and O–H groups in total. The number of aromatic nitrogens is 1. The van der Waals surface area contributed by atoms with Crippen LogP contribution in [0.15, 0.2) is 24.5 Å². The quantitative estimate of drug-likeness (QED) is 0.824. The van der Waals surface area contributed by atoms with Gasteiger partial charge in [-0.15, -0.1) is 0 Å². The van der Waals surface area contributed by atoms with Gasteiger partial charge in [0.25, 0.3) is 5.91 Å². The second-order valence-corrected chi connectivity index (χ2v) is 5.38. The van der Waals surface area contributed by atoms with Gasteiger partial charge in [0.2, 0.25) is 0 Å². The Balaban J connectivity index is 1.61. The molecule has 0 aromatic carbocycles. The Kier molecular flexibility index (Phi) is 5.33. The Labute approximate surface area is 115 Å². The summed E-state index contributed by atoms with van der Waals surface area (Å²) in [7, 11) is 0. The first kappa shape index (κ1) is 14.0. The molecule has 2 rings (SSSR count). The molecular weight excluding hydrogens is 238 g/mol. The maximum Gasteiger partial charge on any atom is 0.252 e. The minimum Gasteiger partial charge on any atom is -0.352 e. The van der Waals surface area contributed by atoms with Crippen molar-refractivity contribution in [3.05, 3.63) is 30.1 Å². The molecule has 0 radical (unpaired) electrons. The summed E-state index contributed by atoms with van der Waals surface area (Å²) in [6.07, 6.45) is 6.90. The first-order chi connectivity index (χ1) is 9.25. The molecule has 104 valence electrons. The Hall–Kier alpha value is -1.42. The van der Waals surface area contributed by atoms with Gasteiger partial charge in [-0.05, 0) is 56.9 Å². The van der Waals surface area contributed by atoms with Gasteiger partial charge in [-0.25, -0.2) is 0 Å². The van der Waals surface area contributed by atoms with Crippen LogP contribution < -0.4 is 5.32 Å². The van der Waals surface area contributed by atoms with Gasteiger partial charge in [0.1, 0.15) is 0 Å². The highest BCUT2D eigenvalue weighted by Gasteiger charge is 2.14. The van der Waals surface area contributed by atoms with Crippen molar-refractivity contribution >= 4 is 5.91 Å². The van der Waals surface area contributed by atoms with Crippen molar-refractivity contribution in [1.82, 2.24) is 15.2 Å². The predicted molar refractivity (Wildman–Crippen MR) is 76.0 cm³/mol. The Bertz CT molecular complexity index is 386. The summed E-state index contributed by atoms with van der Waals surface area (Å²) in [4.78, 5) is 18.2. The van der Waals surface area contributed by atoms with E-state index >= 15 is 0 Å². The summed E-state index contributed by atoms with van der Waals surface area (Å²) < 4.78 is 0. The zero-order chi connectivity index (χ0) is 13.5. The zero-order valence-electron chi connectivity index (χ0n) is 11.6. The highest BCUT2D eigenvalue weighted by molar-refractivity contribution is 5.93. The van der Waals surface area contributed by atoms with Crippen LogP contribution in [0.25, 0.3) is 0 Å². The fraction of sp³-hybridized carbons (Fsp3) is 0.600. The third-order valence-electron chi connectivity index (χ3n) is 3.74. The molecule has 0 bridgehead atoms. The standard InChI is InChI=1S/C15H23N3O/c1-13-5-10-18(11-6-13)9-3-8-17-15(19)14-4-2-7-16-12-14/h2,4,7,12-13H,3,5-6,8-11H2,1H3,(H,17,19). The van der Waals surface area contributed by atoms with Crippen LogP contribution >= 0.6 is 0 Å². The maximum absolute atomic E-state index is 11.8. The van der Waals surface area contributed by atoms with Crippen LogP contribution in [-0.4, -0.2) is 42.0 Å². The maximum atomic E-state index is 11.8. The molecule has 19 heavy (non-hydrogen) atoms. The molecule has 4 heteroatoms. The first-order valence-corrected chi connectivity index (χ1v) is 7.16. The van der Waals surface area contributed by atoms with Crippen molar-refractivity contribution in [2.75, 3.05) is 26.2 Å². The molecule has 0 saturated carbocycles. The number of hydrogen-bond acceptors (Lipinski definition) is 3. The molecule has 1 aromatic rings. The lowest BCUT2D eigenvalue weighted by atomic mass is 9.99. The van der Waals surface area contributed by atoms with Gasteiger partial charge >= 0.3 is 0 Å². The van der Waals surface area contributed by atoms with E-state index in [1.54, 1.807) is 24.5 Å². The smallest absolute Gasteiger partial charge is 0.252 e. The van der Waals surface area contributed by atoms with Gasteiger partial charge in [-0.3, -0.25) is 9.78 Å². The van der Waals surface area contributed by atoms with E-state index < -0.39 is 0 Å². The molecule has 1 aliphatic rings. The number of hydrogen-bond donors (Lipinski definition) is 1. The molecule has 0 unspecified atom stereocenters. The Morgan fingerprint density at radius 1 is 1.47 bits per heavy atom. The normalized spacial score (nSPS) is 17.3. The number of carbonyl (C=O) groups is 1. The lowest BCUT2D eigenvalue weighted by Gasteiger charge is -2.30. The third-order valence-corrected chi connectivity index (χ3v) is 3.74. The number of carbonyl (C=O) groups excluding carboxylic acids is 1. The Morgan fingerprint density at radius 2 is 2.26 bits per heavy atom. The van der Waals surface area contributed by atoms with Crippen LogP contribution in [0.3, 0.4) is 0 Å². The fourth-order valence-electron chi connectivity index (χ4n) is 2.39. The molecular formula is C15H23N3O. The number of piperidine rings is 1. The summed E-state index contributed by atoms with van der Waals surface area (Å²) in [6.45, 7) is 6.56. The summed E-state index contributed by atoms with van der Waals surface area (Å²) in [5.74, 6) is 0.849. The van der Waals surface area contributed by atoms with Crippen molar-refractivity contribution in [1.29, 1.82) is 0 Å². The molecule has 4 nitrogen and oxygen atoms in total. The van der Waals surface area contributed by atoms with Gasteiger partial charge in [0.05, 0.1) is 5.56 Å². The van der Waals surface area contributed by atoms with Crippen molar-refractivity contribution < 1.29 is 4.79 Å². The van der Waals surface area contributed by atoms with Crippen LogP contribution in [0.2, 0.25) is 0 Å². The SMILES string of the molecule is CC1CCN(CCCNC(=O)c2cccnc2)CC1. The second-order valence-electron chi connectivity index (χ2n) is 5.38. The highest BCUT2D eigenvalue weighted by Crippen LogP contribution is 2.15. The fourth-order valence-corrected chi connectivity index (χ4v) is 2.39. The lowest BCUT2D eigenvalue weighted by Crippen LogP contribution is -2.35.